The highest BCUT2D eigenvalue weighted by Crippen LogP contribution is 2.24. The highest BCUT2D eigenvalue weighted by molar-refractivity contribution is 6.02. The van der Waals surface area contributed by atoms with Crippen LogP contribution in [0.4, 0.5) is 11.4 Å². The molecule has 0 unspecified atom stereocenters. The third-order valence-corrected chi connectivity index (χ3v) is 4.89. The van der Waals surface area contributed by atoms with Gasteiger partial charge in [-0.15, -0.1) is 0 Å². The number of carbonyl (C=O) groups is 2. The van der Waals surface area contributed by atoms with Crippen LogP contribution in [0.5, 0.6) is 0 Å². The molecule has 2 aromatic carbocycles. The van der Waals surface area contributed by atoms with Crippen molar-refractivity contribution in [2.75, 3.05) is 17.7 Å². The van der Waals surface area contributed by atoms with Gasteiger partial charge in [0.2, 0.25) is 0 Å². The number of anilines is 2. The Morgan fingerprint density at radius 1 is 0.882 bits per heavy atom. The molecule has 1 amide bonds. The molecule has 0 radical (unpaired) electrons. The van der Waals surface area contributed by atoms with Crippen LogP contribution in [0.1, 0.15) is 21.0 Å². The molecule has 0 spiro atoms. The van der Waals surface area contributed by atoms with E-state index >= 15 is 0 Å². The Labute approximate surface area is 196 Å². The van der Waals surface area contributed by atoms with E-state index in [9.17, 15) is 9.59 Å². The van der Waals surface area contributed by atoms with E-state index in [2.05, 4.69) is 30.6 Å². The SMILES string of the molecule is CNc1ccc2nc(-c3ccc(NC(=O)c4ccccn4)cc3)[nH]c2c1.O=Cc1ccccn1. The monoisotopic (exact) mass is 450 g/mol. The first-order valence-corrected chi connectivity index (χ1v) is 10.5. The number of aromatic nitrogens is 4. The number of hydrogen-bond acceptors (Lipinski definition) is 6. The second kappa shape index (κ2) is 10.6. The van der Waals surface area contributed by atoms with Gasteiger partial charge in [-0.3, -0.25) is 19.6 Å². The fourth-order valence-electron chi connectivity index (χ4n) is 3.15. The first kappa shape index (κ1) is 22.3. The van der Waals surface area contributed by atoms with E-state index < -0.39 is 0 Å². The van der Waals surface area contributed by atoms with Crippen molar-refractivity contribution in [1.29, 1.82) is 0 Å². The average molecular weight is 451 g/mol. The fraction of sp³-hybridized carbons (Fsp3) is 0.0385. The number of amides is 1. The standard InChI is InChI=1S/C20H17N5O.C6H5NO/c1-21-15-9-10-16-18(12-15)25-19(24-16)13-5-7-14(8-6-13)23-20(26)17-4-2-3-11-22-17;8-5-6-3-1-2-4-7-6/h2-12,21H,1H3,(H,23,26)(H,24,25);1-5H. The third-order valence-electron chi connectivity index (χ3n) is 4.89. The summed E-state index contributed by atoms with van der Waals surface area (Å²) < 4.78 is 0. The number of benzene rings is 2. The Morgan fingerprint density at radius 2 is 1.62 bits per heavy atom. The van der Waals surface area contributed by atoms with E-state index in [1.807, 2.05) is 49.5 Å². The lowest BCUT2D eigenvalue weighted by Gasteiger charge is -2.05. The van der Waals surface area contributed by atoms with Gasteiger partial charge < -0.3 is 15.6 Å². The second-order valence-electron chi connectivity index (χ2n) is 7.19. The zero-order chi connectivity index (χ0) is 23.8. The Hall–Kier alpha value is -4.85. The van der Waals surface area contributed by atoms with Crippen molar-refractivity contribution in [1.82, 2.24) is 19.9 Å². The maximum atomic E-state index is 12.1. The Balaban J connectivity index is 0.000000291. The largest absolute Gasteiger partial charge is 0.388 e. The van der Waals surface area contributed by atoms with Gasteiger partial charge in [-0.25, -0.2) is 4.98 Å². The van der Waals surface area contributed by atoms with E-state index in [1.165, 1.54) is 0 Å². The number of aromatic amines is 1. The molecule has 168 valence electrons. The molecule has 8 heteroatoms. The molecule has 0 bridgehead atoms. The second-order valence-corrected chi connectivity index (χ2v) is 7.19. The van der Waals surface area contributed by atoms with Gasteiger partial charge in [0.15, 0.2) is 6.29 Å². The summed E-state index contributed by atoms with van der Waals surface area (Å²) in [7, 11) is 1.89. The molecule has 34 heavy (non-hydrogen) atoms. The Bertz CT molecular complexity index is 1380. The van der Waals surface area contributed by atoms with Gasteiger partial charge >= 0.3 is 0 Å². The lowest BCUT2D eigenvalue weighted by atomic mass is 10.2. The van der Waals surface area contributed by atoms with Gasteiger partial charge in [-0.05, 0) is 66.7 Å². The summed E-state index contributed by atoms with van der Waals surface area (Å²) >= 11 is 0. The molecule has 3 aromatic heterocycles. The Kier molecular flexibility index (Phi) is 7.00. The highest BCUT2D eigenvalue weighted by Gasteiger charge is 2.09. The molecule has 0 saturated carbocycles. The zero-order valence-electron chi connectivity index (χ0n) is 18.4. The molecule has 5 rings (SSSR count). The maximum Gasteiger partial charge on any atom is 0.274 e. The smallest absolute Gasteiger partial charge is 0.274 e. The minimum absolute atomic E-state index is 0.235. The molecule has 3 heterocycles. The van der Waals surface area contributed by atoms with E-state index in [1.54, 1.807) is 48.8 Å². The predicted molar refractivity (Wildman–Crippen MR) is 133 cm³/mol. The van der Waals surface area contributed by atoms with Crippen molar-refractivity contribution < 1.29 is 9.59 Å². The van der Waals surface area contributed by atoms with Gasteiger partial charge in [0.1, 0.15) is 17.2 Å². The van der Waals surface area contributed by atoms with E-state index in [-0.39, 0.29) is 5.91 Å². The summed E-state index contributed by atoms with van der Waals surface area (Å²) in [6.45, 7) is 0. The fourth-order valence-corrected chi connectivity index (χ4v) is 3.15. The normalized spacial score (nSPS) is 10.1. The number of nitrogens with one attached hydrogen (secondary N) is 3. The minimum Gasteiger partial charge on any atom is -0.388 e. The third kappa shape index (κ3) is 5.49. The van der Waals surface area contributed by atoms with Crippen LogP contribution >= 0.6 is 0 Å². The van der Waals surface area contributed by atoms with Crippen LogP contribution in [0.25, 0.3) is 22.4 Å². The van der Waals surface area contributed by atoms with Crippen molar-refractivity contribution >= 4 is 34.6 Å². The van der Waals surface area contributed by atoms with Gasteiger partial charge in [0.25, 0.3) is 5.91 Å². The number of hydrogen-bond donors (Lipinski definition) is 3. The highest BCUT2D eigenvalue weighted by atomic mass is 16.1. The van der Waals surface area contributed by atoms with Gasteiger partial charge in [-0.2, -0.15) is 0 Å². The van der Waals surface area contributed by atoms with E-state index in [4.69, 9.17) is 0 Å². The lowest BCUT2D eigenvalue weighted by Crippen LogP contribution is -2.13. The summed E-state index contributed by atoms with van der Waals surface area (Å²) in [5.74, 6) is 0.553. The molecular formula is C26H22N6O2. The number of aldehydes is 1. The number of imidazole rings is 1. The van der Waals surface area contributed by atoms with Crippen molar-refractivity contribution in [3.8, 4) is 11.4 Å². The quantitative estimate of drug-likeness (QED) is 0.331. The van der Waals surface area contributed by atoms with Crippen LogP contribution in [-0.2, 0) is 0 Å². The van der Waals surface area contributed by atoms with Crippen LogP contribution < -0.4 is 10.6 Å². The maximum absolute atomic E-state index is 12.1. The summed E-state index contributed by atoms with van der Waals surface area (Å²) in [6, 6.07) is 24.0. The molecule has 0 aliphatic carbocycles. The van der Waals surface area contributed by atoms with Crippen molar-refractivity contribution in [2.45, 2.75) is 0 Å². The van der Waals surface area contributed by atoms with Crippen LogP contribution in [0.3, 0.4) is 0 Å². The summed E-state index contributed by atoms with van der Waals surface area (Å²) in [6.07, 6.45) is 3.91. The summed E-state index contributed by atoms with van der Waals surface area (Å²) in [5.41, 5.74) is 5.42. The number of pyridine rings is 2. The summed E-state index contributed by atoms with van der Waals surface area (Å²) in [4.78, 5) is 37.8. The Morgan fingerprint density at radius 3 is 2.24 bits per heavy atom. The van der Waals surface area contributed by atoms with Gasteiger partial charge in [-0.1, -0.05) is 12.1 Å². The molecule has 0 aliphatic heterocycles. The van der Waals surface area contributed by atoms with E-state index in [0.29, 0.717) is 17.1 Å². The van der Waals surface area contributed by atoms with Crippen molar-refractivity contribution in [2.24, 2.45) is 0 Å². The van der Waals surface area contributed by atoms with Crippen molar-refractivity contribution in [3.63, 3.8) is 0 Å². The molecule has 3 N–H and O–H groups in total. The average Bonchev–Trinajstić information content (AvgIpc) is 3.34. The molecule has 0 aliphatic rings. The van der Waals surface area contributed by atoms with Crippen LogP contribution in [0.2, 0.25) is 0 Å². The lowest BCUT2D eigenvalue weighted by molar-refractivity contribution is 0.102. The van der Waals surface area contributed by atoms with Crippen LogP contribution in [-0.4, -0.2) is 39.2 Å². The molecule has 8 nitrogen and oxygen atoms in total. The molecule has 0 atom stereocenters. The van der Waals surface area contributed by atoms with Gasteiger partial charge in [0.05, 0.1) is 11.0 Å². The topological polar surface area (TPSA) is 113 Å². The zero-order valence-corrected chi connectivity index (χ0v) is 18.4. The first-order chi connectivity index (χ1) is 16.7. The molecule has 0 fully saturated rings. The van der Waals surface area contributed by atoms with Crippen molar-refractivity contribution in [3.05, 3.63) is 103 Å². The van der Waals surface area contributed by atoms with Crippen LogP contribution in [0, 0.1) is 0 Å². The summed E-state index contributed by atoms with van der Waals surface area (Å²) in [5, 5.41) is 5.95. The van der Waals surface area contributed by atoms with Crippen LogP contribution in [0.15, 0.2) is 91.3 Å². The molecule has 5 aromatic rings. The first-order valence-electron chi connectivity index (χ1n) is 10.5. The minimum atomic E-state index is -0.235. The molecular weight excluding hydrogens is 428 g/mol. The number of H-pyrrole nitrogens is 1. The number of carbonyl (C=O) groups excluding carboxylic acids is 2. The number of rotatable bonds is 5. The molecule has 0 saturated heterocycles. The van der Waals surface area contributed by atoms with Gasteiger partial charge in [0, 0.05) is 36.4 Å². The van der Waals surface area contributed by atoms with E-state index in [0.717, 1.165) is 34.4 Å². The predicted octanol–water partition coefficient (Wildman–Crippen LogP) is 4.81. The number of nitrogens with zero attached hydrogens (tertiary/aromatic N) is 3. The number of fused-ring (bicyclic) bond motifs is 1.